The zero-order chi connectivity index (χ0) is 15.1. The number of carbonyl (C=O) groups is 1. The molecule has 3 nitrogen and oxygen atoms in total. The van der Waals surface area contributed by atoms with E-state index in [0.717, 1.165) is 24.8 Å². The van der Waals surface area contributed by atoms with Crippen molar-refractivity contribution in [2.24, 2.45) is 5.92 Å². The summed E-state index contributed by atoms with van der Waals surface area (Å²) in [6.07, 6.45) is 3.11. The molecular weight excluding hydrogens is 281 g/mol. The van der Waals surface area contributed by atoms with Crippen LogP contribution in [-0.2, 0) is 9.53 Å². The minimum absolute atomic E-state index is 0. The first-order chi connectivity index (χ1) is 10.0. The molecule has 0 aromatic heterocycles. The van der Waals surface area contributed by atoms with Gasteiger partial charge in [-0.3, -0.25) is 9.69 Å². The molecule has 4 atom stereocenters. The molecule has 2 aliphatic rings. The van der Waals surface area contributed by atoms with Crippen LogP contribution in [-0.4, -0.2) is 37.1 Å². The van der Waals surface area contributed by atoms with E-state index in [2.05, 4.69) is 11.9 Å². The van der Waals surface area contributed by atoms with Crippen LogP contribution in [0.25, 0.3) is 0 Å². The highest BCUT2D eigenvalue weighted by Crippen LogP contribution is 2.46. The number of methoxy groups -OCH3 is 1. The molecule has 2 bridgehead atoms. The Kier molecular flexibility index (Phi) is 4.90. The van der Waals surface area contributed by atoms with Gasteiger partial charge < -0.3 is 4.74 Å². The van der Waals surface area contributed by atoms with Gasteiger partial charge in [0.2, 0.25) is 0 Å². The number of rotatable bonds is 2. The lowest BCUT2D eigenvalue weighted by Crippen LogP contribution is -2.49. The molecule has 122 valence electrons. The molecule has 0 saturated carbocycles. The van der Waals surface area contributed by atoms with Gasteiger partial charge in [-0.1, -0.05) is 19.6 Å². The minimum atomic E-state index is -0.190. The number of benzene rings is 1. The normalized spacial score (nSPS) is 30.7. The van der Waals surface area contributed by atoms with Crippen molar-refractivity contribution in [2.45, 2.75) is 51.6 Å². The lowest BCUT2D eigenvalue weighted by Gasteiger charge is -2.41. The molecule has 0 aliphatic carbocycles. The number of halogens is 1. The van der Waals surface area contributed by atoms with Gasteiger partial charge in [0, 0.05) is 18.0 Å². The van der Waals surface area contributed by atoms with Crippen LogP contribution >= 0.6 is 0 Å². The summed E-state index contributed by atoms with van der Waals surface area (Å²) in [6, 6.07) is 5.99. The maximum absolute atomic E-state index is 13.5. The SMILES string of the molecule is C.COC(=O)C1C2CC[C@H](C[C@@H]1c1ccc(F)c(C)c1)N2C. The predicted molar refractivity (Wildman–Crippen MR) is 85.3 cm³/mol. The van der Waals surface area contributed by atoms with Gasteiger partial charge in [0.25, 0.3) is 0 Å². The van der Waals surface area contributed by atoms with Gasteiger partial charge in [-0.2, -0.15) is 0 Å². The summed E-state index contributed by atoms with van der Waals surface area (Å²) in [4.78, 5) is 14.6. The van der Waals surface area contributed by atoms with E-state index in [1.807, 2.05) is 12.1 Å². The van der Waals surface area contributed by atoms with Crippen molar-refractivity contribution < 1.29 is 13.9 Å². The molecule has 1 aromatic rings. The Morgan fingerprint density at radius 3 is 2.73 bits per heavy atom. The average molecular weight is 307 g/mol. The second-order valence-corrected chi connectivity index (χ2v) is 6.36. The number of carbonyl (C=O) groups excluding carboxylic acids is 1. The Labute approximate surface area is 132 Å². The molecular formula is C18H26FNO2. The Bertz CT molecular complexity index is 560. The van der Waals surface area contributed by atoms with Crippen molar-refractivity contribution in [3.63, 3.8) is 0 Å². The third-order valence-corrected chi connectivity index (χ3v) is 5.35. The molecule has 3 rings (SSSR count). The number of esters is 1. The predicted octanol–water partition coefficient (Wildman–Crippen LogP) is 3.51. The van der Waals surface area contributed by atoms with Gasteiger partial charge in [0.05, 0.1) is 13.0 Å². The van der Waals surface area contributed by atoms with E-state index < -0.39 is 0 Å². The second kappa shape index (κ2) is 6.37. The zero-order valence-corrected chi connectivity index (χ0v) is 12.8. The quantitative estimate of drug-likeness (QED) is 0.783. The Hall–Kier alpha value is -1.42. The molecule has 0 N–H and O–H groups in total. The number of ether oxygens (including phenoxy) is 1. The van der Waals surface area contributed by atoms with Crippen LogP contribution in [0.4, 0.5) is 4.39 Å². The van der Waals surface area contributed by atoms with Gasteiger partial charge in [-0.25, -0.2) is 4.39 Å². The van der Waals surface area contributed by atoms with E-state index in [1.54, 1.807) is 6.92 Å². The summed E-state index contributed by atoms with van der Waals surface area (Å²) < 4.78 is 18.6. The highest BCUT2D eigenvalue weighted by Gasteiger charge is 2.49. The van der Waals surface area contributed by atoms with Gasteiger partial charge in [-0.05, 0) is 50.4 Å². The van der Waals surface area contributed by atoms with Crippen LogP contribution in [0.3, 0.4) is 0 Å². The summed E-state index contributed by atoms with van der Waals surface area (Å²) in [5.74, 6) is -0.350. The summed E-state index contributed by atoms with van der Waals surface area (Å²) in [5, 5.41) is 0. The van der Waals surface area contributed by atoms with E-state index in [0.29, 0.717) is 11.6 Å². The van der Waals surface area contributed by atoms with E-state index in [-0.39, 0.29) is 37.1 Å². The fraction of sp³-hybridized carbons (Fsp3) is 0.611. The van der Waals surface area contributed by atoms with E-state index >= 15 is 0 Å². The third-order valence-electron chi connectivity index (χ3n) is 5.35. The molecule has 1 aromatic carbocycles. The van der Waals surface area contributed by atoms with E-state index in [1.165, 1.54) is 13.2 Å². The highest BCUT2D eigenvalue weighted by molar-refractivity contribution is 5.75. The van der Waals surface area contributed by atoms with Crippen LogP contribution in [0.1, 0.15) is 43.7 Å². The van der Waals surface area contributed by atoms with Crippen LogP contribution < -0.4 is 0 Å². The smallest absolute Gasteiger partial charge is 0.310 e. The average Bonchev–Trinajstić information content (AvgIpc) is 2.72. The molecule has 0 spiro atoms. The summed E-state index contributed by atoms with van der Waals surface area (Å²) >= 11 is 0. The number of aryl methyl sites for hydroxylation is 1. The topological polar surface area (TPSA) is 29.5 Å². The van der Waals surface area contributed by atoms with Crippen molar-refractivity contribution in [3.8, 4) is 0 Å². The molecule has 2 aliphatic heterocycles. The van der Waals surface area contributed by atoms with Gasteiger partial charge in [0.1, 0.15) is 5.82 Å². The second-order valence-electron chi connectivity index (χ2n) is 6.36. The van der Waals surface area contributed by atoms with Crippen molar-refractivity contribution in [1.82, 2.24) is 4.90 Å². The first-order valence-corrected chi connectivity index (χ1v) is 7.58. The van der Waals surface area contributed by atoms with Crippen LogP contribution in [0.2, 0.25) is 0 Å². The van der Waals surface area contributed by atoms with E-state index in [4.69, 9.17) is 4.74 Å². The standard InChI is InChI=1S/C17H22FNO2.CH4/c1-10-8-11(4-6-14(10)18)13-9-12-5-7-15(19(12)2)16(13)17(20)21-3;/h4,6,8,12-13,15-16H,5,7,9H2,1-3H3;1H4/t12-,13-,15?,16?;/m1./s1. The molecule has 0 radical (unpaired) electrons. The summed E-state index contributed by atoms with van der Waals surface area (Å²) in [7, 11) is 3.56. The number of fused-ring (bicyclic) bond motifs is 2. The van der Waals surface area contributed by atoms with Crippen LogP contribution in [0.15, 0.2) is 18.2 Å². The lowest BCUT2D eigenvalue weighted by molar-refractivity contribution is -0.150. The lowest BCUT2D eigenvalue weighted by atomic mass is 9.76. The van der Waals surface area contributed by atoms with Crippen molar-refractivity contribution in [1.29, 1.82) is 0 Å². The Morgan fingerprint density at radius 1 is 1.36 bits per heavy atom. The Morgan fingerprint density at radius 2 is 2.09 bits per heavy atom. The van der Waals surface area contributed by atoms with Gasteiger partial charge in [-0.15, -0.1) is 0 Å². The highest BCUT2D eigenvalue weighted by atomic mass is 19.1. The minimum Gasteiger partial charge on any atom is -0.469 e. The number of nitrogens with zero attached hydrogens (tertiary/aromatic N) is 1. The zero-order valence-electron chi connectivity index (χ0n) is 12.8. The Balaban J connectivity index is 0.00000176. The number of hydrogen-bond donors (Lipinski definition) is 0. The molecule has 0 amide bonds. The fourth-order valence-electron chi connectivity index (χ4n) is 4.17. The molecule has 22 heavy (non-hydrogen) atoms. The summed E-state index contributed by atoms with van der Waals surface area (Å²) in [6.45, 7) is 1.77. The number of hydrogen-bond acceptors (Lipinski definition) is 3. The first-order valence-electron chi connectivity index (χ1n) is 7.58. The molecule has 2 unspecified atom stereocenters. The molecule has 2 fully saturated rings. The monoisotopic (exact) mass is 307 g/mol. The first kappa shape index (κ1) is 16.9. The van der Waals surface area contributed by atoms with Gasteiger partial charge >= 0.3 is 5.97 Å². The van der Waals surface area contributed by atoms with Crippen LogP contribution in [0.5, 0.6) is 0 Å². The van der Waals surface area contributed by atoms with Crippen molar-refractivity contribution >= 4 is 5.97 Å². The van der Waals surface area contributed by atoms with Crippen molar-refractivity contribution in [2.75, 3.05) is 14.2 Å². The molecule has 2 saturated heterocycles. The van der Waals surface area contributed by atoms with Crippen molar-refractivity contribution in [3.05, 3.63) is 35.1 Å². The maximum atomic E-state index is 13.5. The maximum Gasteiger partial charge on any atom is 0.310 e. The van der Waals surface area contributed by atoms with E-state index in [9.17, 15) is 9.18 Å². The summed E-state index contributed by atoms with van der Waals surface area (Å²) in [5.41, 5.74) is 1.71. The third kappa shape index (κ3) is 2.65. The van der Waals surface area contributed by atoms with Crippen LogP contribution in [0, 0.1) is 18.7 Å². The number of piperidine rings is 1. The largest absolute Gasteiger partial charge is 0.469 e. The van der Waals surface area contributed by atoms with Gasteiger partial charge in [0.15, 0.2) is 0 Å². The molecule has 4 heteroatoms. The molecule has 2 heterocycles. The fourth-order valence-corrected chi connectivity index (χ4v) is 4.17.